The number of rotatable bonds is 0. The van der Waals surface area contributed by atoms with E-state index in [4.69, 9.17) is 0 Å². The first-order valence-electron chi connectivity index (χ1n) is 3.01. The Morgan fingerprint density at radius 2 is 2.29 bits per heavy atom. The van der Waals surface area contributed by atoms with E-state index in [1.165, 1.54) is 19.4 Å². The van der Waals surface area contributed by atoms with Crippen LogP contribution in [0.3, 0.4) is 0 Å². The van der Waals surface area contributed by atoms with E-state index in [1.807, 2.05) is 0 Å². The van der Waals surface area contributed by atoms with Crippen molar-refractivity contribution in [3.63, 3.8) is 0 Å². The van der Waals surface area contributed by atoms with Gasteiger partial charge in [-0.3, -0.25) is 0 Å². The minimum atomic E-state index is 0.847. The van der Waals surface area contributed by atoms with E-state index in [0.717, 1.165) is 6.04 Å². The molecule has 0 saturated carbocycles. The van der Waals surface area contributed by atoms with Crippen LogP contribution in [0.1, 0.15) is 19.8 Å². The lowest BCUT2D eigenvalue weighted by atomic mass is 10.3. The molecule has 0 radical (unpaired) electrons. The van der Waals surface area contributed by atoms with Gasteiger partial charge in [-0.15, -0.1) is 0 Å². The van der Waals surface area contributed by atoms with Crippen molar-refractivity contribution in [1.82, 2.24) is 4.90 Å². The Bertz CT molecular complexity index is 53.2. The van der Waals surface area contributed by atoms with E-state index in [9.17, 15) is 0 Å². The second-order valence-electron chi connectivity index (χ2n) is 2.47. The Kier molecular flexibility index (Phi) is 1.33. The van der Waals surface area contributed by atoms with Crippen molar-refractivity contribution in [2.75, 3.05) is 13.6 Å². The minimum Gasteiger partial charge on any atom is -0.304 e. The fourth-order valence-corrected chi connectivity index (χ4v) is 1.08. The molecule has 1 fully saturated rings. The molecule has 0 amide bonds. The summed E-state index contributed by atoms with van der Waals surface area (Å²) in [5.41, 5.74) is 0. The molecule has 1 aliphatic heterocycles. The molecule has 42 valence electrons. The molecule has 1 atom stereocenters. The summed E-state index contributed by atoms with van der Waals surface area (Å²) in [6.45, 7) is 3.59. The van der Waals surface area contributed by atoms with Gasteiger partial charge in [-0.1, -0.05) is 0 Å². The highest BCUT2D eigenvalue weighted by atomic mass is 15.1. The third-order valence-electron chi connectivity index (χ3n) is 1.89. The summed E-state index contributed by atoms with van der Waals surface area (Å²) in [6.07, 6.45) is 2.80. The van der Waals surface area contributed by atoms with Gasteiger partial charge in [0.15, 0.2) is 0 Å². The maximum atomic E-state index is 2.40. The Morgan fingerprint density at radius 1 is 1.57 bits per heavy atom. The number of hydrogen-bond donors (Lipinski definition) is 0. The molecule has 1 nitrogen and oxygen atoms in total. The molecule has 0 spiro atoms. The summed E-state index contributed by atoms with van der Waals surface area (Å²) in [5, 5.41) is 0. The van der Waals surface area contributed by atoms with Crippen molar-refractivity contribution >= 4 is 0 Å². The predicted molar refractivity (Wildman–Crippen MR) is 31.3 cm³/mol. The third-order valence-corrected chi connectivity index (χ3v) is 1.89. The van der Waals surface area contributed by atoms with E-state index < -0.39 is 0 Å². The van der Waals surface area contributed by atoms with Crippen LogP contribution in [0.2, 0.25) is 0 Å². The molecule has 0 aromatic heterocycles. The normalized spacial score (nSPS) is 34.3. The van der Waals surface area contributed by atoms with Gasteiger partial charge >= 0.3 is 0 Å². The first-order chi connectivity index (χ1) is 3.30. The lowest BCUT2D eigenvalue weighted by Crippen LogP contribution is -2.20. The number of nitrogens with zero attached hydrogens (tertiary/aromatic N) is 1. The smallest absolute Gasteiger partial charge is 0.00643 e. The van der Waals surface area contributed by atoms with Gasteiger partial charge in [0, 0.05) is 6.04 Å². The Balaban J connectivity index is 2.33. The van der Waals surface area contributed by atoms with Crippen molar-refractivity contribution in [2.24, 2.45) is 0 Å². The van der Waals surface area contributed by atoms with E-state index in [2.05, 4.69) is 18.9 Å². The highest BCUT2D eigenvalue weighted by molar-refractivity contribution is 4.70. The summed E-state index contributed by atoms with van der Waals surface area (Å²) in [7, 11) is 2.19. The number of likely N-dealkylation sites (tertiary alicyclic amines) is 1. The fraction of sp³-hybridized carbons (Fsp3) is 1.00. The van der Waals surface area contributed by atoms with E-state index in [0.29, 0.717) is 0 Å². The number of hydrogen-bond acceptors (Lipinski definition) is 1. The second kappa shape index (κ2) is 1.83. The first-order valence-corrected chi connectivity index (χ1v) is 3.01. The summed E-state index contributed by atoms with van der Waals surface area (Å²) < 4.78 is 0. The Morgan fingerprint density at radius 3 is 2.43 bits per heavy atom. The van der Waals surface area contributed by atoms with Crippen LogP contribution in [0.15, 0.2) is 0 Å². The van der Waals surface area contributed by atoms with Crippen molar-refractivity contribution < 1.29 is 0 Å². The lowest BCUT2D eigenvalue weighted by Gasteiger charge is -2.12. The molecule has 0 aromatic carbocycles. The van der Waals surface area contributed by atoms with Gasteiger partial charge in [0.25, 0.3) is 0 Å². The van der Waals surface area contributed by atoms with E-state index in [-0.39, 0.29) is 0 Å². The van der Waals surface area contributed by atoms with Gasteiger partial charge in [0.2, 0.25) is 0 Å². The van der Waals surface area contributed by atoms with Crippen LogP contribution in [0.5, 0.6) is 0 Å². The van der Waals surface area contributed by atoms with Crippen LogP contribution in [-0.4, -0.2) is 24.5 Å². The molecule has 0 aliphatic carbocycles. The van der Waals surface area contributed by atoms with Crippen LogP contribution in [0.25, 0.3) is 0 Å². The average molecular weight is 99.2 g/mol. The molecule has 1 heterocycles. The van der Waals surface area contributed by atoms with Gasteiger partial charge in [-0.05, 0) is 33.4 Å². The second-order valence-corrected chi connectivity index (χ2v) is 2.47. The zero-order valence-corrected chi connectivity index (χ0v) is 5.15. The van der Waals surface area contributed by atoms with Crippen LogP contribution in [0.4, 0.5) is 0 Å². The Hall–Kier alpha value is -0.0400. The Labute approximate surface area is 45.3 Å². The summed E-state index contributed by atoms with van der Waals surface area (Å²) in [6, 6.07) is 0.847. The van der Waals surface area contributed by atoms with E-state index >= 15 is 0 Å². The zero-order chi connectivity index (χ0) is 5.28. The summed E-state index contributed by atoms with van der Waals surface area (Å²) in [5.74, 6) is 0. The lowest BCUT2D eigenvalue weighted by molar-refractivity contribution is 0.331. The van der Waals surface area contributed by atoms with Crippen molar-refractivity contribution in [3.8, 4) is 0 Å². The summed E-state index contributed by atoms with van der Waals surface area (Å²) in [4.78, 5) is 2.40. The maximum Gasteiger partial charge on any atom is 0.00643 e. The van der Waals surface area contributed by atoms with Crippen molar-refractivity contribution in [1.29, 1.82) is 0 Å². The molecule has 1 saturated heterocycles. The SMILES string of the molecule is CC1CCCN1C. The van der Waals surface area contributed by atoms with Crippen molar-refractivity contribution in [2.45, 2.75) is 25.8 Å². The maximum absolute atomic E-state index is 2.40. The van der Waals surface area contributed by atoms with Gasteiger partial charge in [0.05, 0.1) is 0 Å². The third kappa shape index (κ3) is 0.942. The van der Waals surface area contributed by atoms with Crippen molar-refractivity contribution in [3.05, 3.63) is 0 Å². The first kappa shape index (κ1) is 5.10. The largest absolute Gasteiger partial charge is 0.304 e. The monoisotopic (exact) mass is 99.1 g/mol. The molecular formula is C6H13N. The highest BCUT2D eigenvalue weighted by Gasteiger charge is 2.14. The average Bonchev–Trinajstić information content (AvgIpc) is 1.91. The van der Waals surface area contributed by atoms with Gasteiger partial charge in [-0.25, -0.2) is 0 Å². The molecule has 1 heteroatoms. The molecule has 0 N–H and O–H groups in total. The van der Waals surface area contributed by atoms with Gasteiger partial charge < -0.3 is 4.90 Å². The fourth-order valence-electron chi connectivity index (χ4n) is 1.08. The molecule has 1 aliphatic rings. The molecule has 0 bridgehead atoms. The minimum absolute atomic E-state index is 0.847. The van der Waals surface area contributed by atoms with Crippen LogP contribution >= 0.6 is 0 Å². The van der Waals surface area contributed by atoms with E-state index in [1.54, 1.807) is 0 Å². The molecule has 1 rings (SSSR count). The molecular weight excluding hydrogens is 86.1 g/mol. The zero-order valence-electron chi connectivity index (χ0n) is 5.15. The van der Waals surface area contributed by atoms with Crippen LogP contribution < -0.4 is 0 Å². The topological polar surface area (TPSA) is 3.24 Å². The summed E-state index contributed by atoms with van der Waals surface area (Å²) >= 11 is 0. The molecule has 7 heavy (non-hydrogen) atoms. The van der Waals surface area contributed by atoms with Crippen LogP contribution in [-0.2, 0) is 0 Å². The van der Waals surface area contributed by atoms with Gasteiger partial charge in [-0.2, -0.15) is 0 Å². The quantitative estimate of drug-likeness (QED) is 0.439. The highest BCUT2D eigenvalue weighted by Crippen LogP contribution is 2.12. The molecule has 0 aromatic rings. The van der Waals surface area contributed by atoms with Gasteiger partial charge in [0.1, 0.15) is 0 Å². The molecule has 1 unspecified atom stereocenters. The predicted octanol–water partition coefficient (Wildman–Crippen LogP) is 1.10. The standard InChI is InChI=1S/C6H13N/c1-6-4-3-5-7(6)2/h6H,3-5H2,1-2H3. The van der Waals surface area contributed by atoms with Crippen LogP contribution in [0, 0.1) is 0 Å².